The highest BCUT2D eigenvalue weighted by atomic mass is 19.4. The third-order valence-corrected chi connectivity index (χ3v) is 5.25. The van der Waals surface area contributed by atoms with Gasteiger partial charge in [0.15, 0.2) is 0 Å². The predicted octanol–water partition coefficient (Wildman–Crippen LogP) is 7.49. The van der Waals surface area contributed by atoms with Crippen molar-refractivity contribution in [3.05, 3.63) is 59.7 Å². The fourth-order valence-corrected chi connectivity index (χ4v) is 2.95. The van der Waals surface area contributed by atoms with Crippen LogP contribution in [0, 0.1) is 0 Å². The van der Waals surface area contributed by atoms with Gasteiger partial charge in [0.1, 0.15) is 0 Å². The van der Waals surface area contributed by atoms with Crippen LogP contribution in [0.3, 0.4) is 0 Å². The number of hydrogen-bond acceptors (Lipinski definition) is 2. The molecular weight excluding hydrogens is 543 g/mol. The standard InChI is InChI=1S/C22H17F13O2/c23-17(24,18(25,26)19(27,28)20(29,30)21(31,32)22(33,34)35)9-10-37-12-14-3-7-16(8-4-14)15-5-1-13(11-36)2-6-15/h1-8,36H,9-12H2. The zero-order valence-electron chi connectivity index (χ0n) is 18.2. The van der Waals surface area contributed by atoms with Gasteiger partial charge < -0.3 is 9.84 Å². The van der Waals surface area contributed by atoms with Gasteiger partial charge in [0, 0.05) is 6.42 Å². The van der Waals surface area contributed by atoms with Gasteiger partial charge in [-0.1, -0.05) is 48.5 Å². The van der Waals surface area contributed by atoms with Crippen LogP contribution >= 0.6 is 0 Å². The Balaban J connectivity index is 2.05. The van der Waals surface area contributed by atoms with E-state index in [9.17, 15) is 57.1 Å². The molecule has 0 fully saturated rings. The maximum Gasteiger partial charge on any atom is 0.460 e. The number of hydrogen-bond donors (Lipinski definition) is 1. The molecule has 0 bridgehead atoms. The summed E-state index contributed by atoms with van der Waals surface area (Å²) < 4.78 is 175. The van der Waals surface area contributed by atoms with Crippen LogP contribution in [0.15, 0.2) is 48.5 Å². The molecule has 1 N–H and O–H groups in total. The minimum absolute atomic E-state index is 0.179. The summed E-state index contributed by atoms with van der Waals surface area (Å²) >= 11 is 0. The van der Waals surface area contributed by atoms with E-state index in [1.807, 2.05) is 0 Å². The topological polar surface area (TPSA) is 29.5 Å². The summed E-state index contributed by atoms with van der Waals surface area (Å²) in [6.07, 6.45) is -9.84. The number of halogens is 13. The van der Waals surface area contributed by atoms with Gasteiger partial charge in [-0.3, -0.25) is 0 Å². The summed E-state index contributed by atoms with van der Waals surface area (Å²) in [4.78, 5) is 0. The Bertz CT molecular complexity index is 1030. The van der Waals surface area contributed by atoms with Crippen molar-refractivity contribution >= 4 is 0 Å². The quantitative estimate of drug-likeness (QED) is 0.228. The number of aliphatic hydroxyl groups is 1. The van der Waals surface area contributed by atoms with Crippen LogP contribution in [-0.4, -0.2) is 47.5 Å². The molecule has 0 aliphatic carbocycles. The van der Waals surface area contributed by atoms with Gasteiger partial charge in [-0.05, 0) is 22.3 Å². The first-order valence-electron chi connectivity index (χ1n) is 10.1. The summed E-state index contributed by atoms with van der Waals surface area (Å²) in [6, 6.07) is 12.6. The van der Waals surface area contributed by atoms with Gasteiger partial charge in [0.2, 0.25) is 0 Å². The molecule has 2 aromatic carbocycles. The van der Waals surface area contributed by atoms with Crippen LogP contribution in [0.25, 0.3) is 11.1 Å². The Labute approximate surface area is 200 Å². The summed E-state index contributed by atoms with van der Waals surface area (Å²) in [5.41, 5.74) is 2.30. The summed E-state index contributed by atoms with van der Waals surface area (Å²) in [5.74, 6) is -36.9. The van der Waals surface area contributed by atoms with Crippen molar-refractivity contribution in [1.82, 2.24) is 0 Å². The van der Waals surface area contributed by atoms with Gasteiger partial charge in [-0.25, -0.2) is 0 Å². The Morgan fingerprint density at radius 1 is 0.541 bits per heavy atom. The number of aliphatic hydroxyl groups excluding tert-OH is 1. The highest BCUT2D eigenvalue weighted by molar-refractivity contribution is 5.63. The lowest BCUT2D eigenvalue weighted by Crippen LogP contribution is -2.70. The highest BCUT2D eigenvalue weighted by Crippen LogP contribution is 2.60. The van der Waals surface area contributed by atoms with Gasteiger partial charge in [0.05, 0.1) is 19.8 Å². The fraction of sp³-hybridized carbons (Fsp3) is 0.455. The van der Waals surface area contributed by atoms with Gasteiger partial charge in [0.25, 0.3) is 0 Å². The normalized spacial score (nSPS) is 14.2. The van der Waals surface area contributed by atoms with Gasteiger partial charge in [-0.15, -0.1) is 0 Å². The van der Waals surface area contributed by atoms with E-state index in [1.54, 1.807) is 36.4 Å². The number of benzene rings is 2. The molecule has 0 atom stereocenters. The van der Waals surface area contributed by atoms with Crippen LogP contribution in [0.4, 0.5) is 57.1 Å². The molecule has 0 aromatic heterocycles. The zero-order valence-corrected chi connectivity index (χ0v) is 18.2. The molecular formula is C22H17F13O2. The molecule has 0 heterocycles. The second-order valence-corrected chi connectivity index (χ2v) is 7.85. The van der Waals surface area contributed by atoms with Crippen LogP contribution in [0.1, 0.15) is 17.5 Å². The third kappa shape index (κ3) is 5.66. The molecule has 0 amide bonds. The second-order valence-electron chi connectivity index (χ2n) is 7.85. The van der Waals surface area contributed by atoms with Crippen molar-refractivity contribution in [2.75, 3.05) is 6.61 Å². The molecule has 0 unspecified atom stereocenters. The van der Waals surface area contributed by atoms with E-state index in [0.717, 1.165) is 5.56 Å². The lowest BCUT2D eigenvalue weighted by Gasteiger charge is -2.39. The monoisotopic (exact) mass is 560 g/mol. The molecule has 0 spiro atoms. The molecule has 2 aromatic rings. The highest BCUT2D eigenvalue weighted by Gasteiger charge is 2.90. The van der Waals surface area contributed by atoms with E-state index in [2.05, 4.69) is 4.74 Å². The fourth-order valence-electron chi connectivity index (χ4n) is 2.95. The molecule has 37 heavy (non-hydrogen) atoms. The van der Waals surface area contributed by atoms with E-state index in [4.69, 9.17) is 5.11 Å². The van der Waals surface area contributed by atoms with Crippen molar-refractivity contribution in [2.45, 2.75) is 55.4 Å². The second kappa shape index (κ2) is 10.3. The minimum atomic E-state index is -7.91. The van der Waals surface area contributed by atoms with Crippen molar-refractivity contribution in [3.8, 4) is 11.1 Å². The molecule has 0 aliphatic heterocycles. The molecule has 2 nitrogen and oxygen atoms in total. The minimum Gasteiger partial charge on any atom is -0.392 e. The lowest BCUT2D eigenvalue weighted by molar-refractivity contribution is -0.440. The summed E-state index contributed by atoms with van der Waals surface area (Å²) in [5, 5.41) is 9.03. The van der Waals surface area contributed by atoms with E-state index in [-0.39, 0.29) is 12.2 Å². The average Bonchev–Trinajstić information content (AvgIpc) is 2.81. The lowest BCUT2D eigenvalue weighted by atomic mass is 9.93. The van der Waals surface area contributed by atoms with Crippen LogP contribution in [0.2, 0.25) is 0 Å². The van der Waals surface area contributed by atoms with Crippen LogP contribution < -0.4 is 0 Å². The van der Waals surface area contributed by atoms with Crippen molar-refractivity contribution < 1.29 is 66.9 Å². The predicted molar refractivity (Wildman–Crippen MR) is 103 cm³/mol. The molecule has 15 heteroatoms. The van der Waals surface area contributed by atoms with Gasteiger partial charge >= 0.3 is 35.8 Å². The number of alkyl halides is 13. The van der Waals surface area contributed by atoms with E-state index in [1.165, 1.54) is 12.1 Å². The van der Waals surface area contributed by atoms with Crippen LogP contribution in [-0.2, 0) is 18.0 Å². The first kappa shape index (κ1) is 30.7. The summed E-state index contributed by atoms with van der Waals surface area (Å²) in [6.45, 7) is -2.20. The molecule has 0 radical (unpaired) electrons. The van der Waals surface area contributed by atoms with E-state index >= 15 is 0 Å². The molecule has 0 saturated carbocycles. The Morgan fingerprint density at radius 3 is 1.35 bits per heavy atom. The van der Waals surface area contributed by atoms with Crippen molar-refractivity contribution in [3.63, 3.8) is 0 Å². The number of ether oxygens (including phenoxy) is 1. The smallest absolute Gasteiger partial charge is 0.392 e. The first-order valence-corrected chi connectivity index (χ1v) is 10.1. The first-order chi connectivity index (χ1) is 16.7. The number of rotatable bonds is 11. The third-order valence-electron chi connectivity index (χ3n) is 5.25. The molecule has 2 rings (SSSR count). The SMILES string of the molecule is OCc1ccc(-c2ccc(COCCC(F)(F)C(F)(F)C(F)(F)C(F)(F)C(F)(F)C(F)(F)F)cc2)cc1. The van der Waals surface area contributed by atoms with Crippen molar-refractivity contribution in [2.24, 2.45) is 0 Å². The molecule has 0 saturated heterocycles. The molecule has 0 aliphatic rings. The Morgan fingerprint density at radius 2 is 0.946 bits per heavy atom. The van der Waals surface area contributed by atoms with E-state index < -0.39 is 55.4 Å². The average molecular weight is 560 g/mol. The Kier molecular flexibility index (Phi) is 8.55. The maximum atomic E-state index is 13.7. The molecule has 208 valence electrons. The zero-order chi connectivity index (χ0) is 28.5. The Hall–Kier alpha value is -2.55. The largest absolute Gasteiger partial charge is 0.460 e. The maximum absolute atomic E-state index is 13.7. The van der Waals surface area contributed by atoms with Crippen molar-refractivity contribution in [1.29, 1.82) is 0 Å². The van der Waals surface area contributed by atoms with Gasteiger partial charge in [-0.2, -0.15) is 57.1 Å². The summed E-state index contributed by atoms with van der Waals surface area (Å²) in [7, 11) is 0. The van der Waals surface area contributed by atoms with E-state index in [0.29, 0.717) is 11.1 Å². The van der Waals surface area contributed by atoms with Crippen LogP contribution in [0.5, 0.6) is 0 Å².